The van der Waals surface area contributed by atoms with Crippen molar-refractivity contribution in [2.24, 2.45) is 0 Å². The lowest BCUT2D eigenvalue weighted by atomic mass is 10.2. The summed E-state index contributed by atoms with van der Waals surface area (Å²) in [5.74, 6) is 1.04. The molecule has 0 fully saturated rings. The number of nitrogens with zero attached hydrogens (tertiary/aromatic N) is 1. The quantitative estimate of drug-likeness (QED) is 0.846. The first kappa shape index (κ1) is 17.2. The molecule has 1 aliphatic heterocycles. The first-order valence-corrected chi connectivity index (χ1v) is 9.93. The van der Waals surface area contributed by atoms with Gasteiger partial charge >= 0.3 is 0 Å². The summed E-state index contributed by atoms with van der Waals surface area (Å²) in [7, 11) is 0.246. The number of sulfonamides is 1. The minimum absolute atomic E-state index is 0.0167. The molecule has 2 heterocycles. The Balaban J connectivity index is 1.76. The molecule has 0 unspecified atom stereocenters. The van der Waals surface area contributed by atoms with Crippen LogP contribution in [0.4, 0.5) is 0 Å². The maximum Gasteiger partial charge on any atom is 0.240 e. The number of benzene rings is 1. The molecule has 0 saturated heterocycles. The molecule has 0 spiro atoms. The Labute approximate surface area is 146 Å². The van der Waals surface area contributed by atoms with Gasteiger partial charge < -0.3 is 14.4 Å². The summed E-state index contributed by atoms with van der Waals surface area (Å²) < 4.78 is 38.8. The molecule has 0 amide bonds. The standard InChI is InChI=1S/C16H20N2O4S2/c1-18(2)13(16-4-3-9-23-16)11-17-24(19,20)12-5-6-14-15(10-12)22-8-7-21-14/h3-6,9-10,13,17H,7-8,11H2,1-2H3/t13-/m1/s1. The van der Waals surface area contributed by atoms with Crippen molar-refractivity contribution in [3.63, 3.8) is 0 Å². The minimum Gasteiger partial charge on any atom is -0.486 e. The summed E-state index contributed by atoms with van der Waals surface area (Å²) in [6.45, 7) is 1.19. The summed E-state index contributed by atoms with van der Waals surface area (Å²) >= 11 is 1.61. The monoisotopic (exact) mass is 368 g/mol. The molecule has 1 N–H and O–H groups in total. The highest BCUT2D eigenvalue weighted by Gasteiger charge is 2.22. The van der Waals surface area contributed by atoms with Crippen LogP contribution in [0.5, 0.6) is 11.5 Å². The Morgan fingerprint density at radius 1 is 1.21 bits per heavy atom. The van der Waals surface area contributed by atoms with Crippen molar-refractivity contribution in [2.45, 2.75) is 10.9 Å². The molecule has 0 saturated carbocycles. The number of thiophene rings is 1. The van der Waals surface area contributed by atoms with E-state index in [2.05, 4.69) is 4.72 Å². The molecule has 130 valence electrons. The second kappa shape index (κ2) is 7.10. The van der Waals surface area contributed by atoms with Crippen LogP contribution in [0.15, 0.2) is 40.6 Å². The maximum absolute atomic E-state index is 12.6. The van der Waals surface area contributed by atoms with Gasteiger partial charge in [0.2, 0.25) is 10.0 Å². The van der Waals surface area contributed by atoms with Crippen molar-refractivity contribution in [2.75, 3.05) is 33.9 Å². The van der Waals surface area contributed by atoms with E-state index in [0.717, 1.165) is 4.88 Å². The fraction of sp³-hybridized carbons (Fsp3) is 0.375. The van der Waals surface area contributed by atoms with E-state index in [1.54, 1.807) is 17.4 Å². The maximum atomic E-state index is 12.6. The Hall–Kier alpha value is -1.61. The second-order valence-corrected chi connectivity index (χ2v) is 8.40. The van der Waals surface area contributed by atoms with Crippen molar-refractivity contribution < 1.29 is 17.9 Å². The molecule has 1 aromatic heterocycles. The van der Waals surface area contributed by atoms with Crippen LogP contribution in [0, 0.1) is 0 Å². The van der Waals surface area contributed by atoms with Crippen molar-refractivity contribution in [1.82, 2.24) is 9.62 Å². The average molecular weight is 368 g/mol. The second-order valence-electron chi connectivity index (χ2n) is 5.65. The molecule has 8 heteroatoms. The predicted molar refractivity (Wildman–Crippen MR) is 93.4 cm³/mol. The van der Waals surface area contributed by atoms with Crippen LogP contribution in [0.2, 0.25) is 0 Å². The summed E-state index contributed by atoms with van der Waals surface area (Å²) in [6.07, 6.45) is 0. The van der Waals surface area contributed by atoms with E-state index in [0.29, 0.717) is 31.3 Å². The van der Waals surface area contributed by atoms with Gasteiger partial charge in [0.1, 0.15) is 13.2 Å². The number of likely N-dealkylation sites (N-methyl/N-ethyl adjacent to an activating group) is 1. The normalized spacial score (nSPS) is 15.5. The fourth-order valence-electron chi connectivity index (χ4n) is 2.48. The van der Waals surface area contributed by atoms with Gasteiger partial charge in [0.15, 0.2) is 11.5 Å². The average Bonchev–Trinajstić information content (AvgIpc) is 3.08. The topological polar surface area (TPSA) is 67.9 Å². The van der Waals surface area contributed by atoms with Crippen molar-refractivity contribution >= 4 is 21.4 Å². The van der Waals surface area contributed by atoms with E-state index in [1.165, 1.54) is 12.1 Å². The molecule has 1 atom stereocenters. The van der Waals surface area contributed by atoms with Crippen LogP contribution >= 0.6 is 11.3 Å². The zero-order chi connectivity index (χ0) is 17.2. The van der Waals surface area contributed by atoms with Gasteiger partial charge in [-0.15, -0.1) is 11.3 Å². The zero-order valence-electron chi connectivity index (χ0n) is 13.6. The molecular weight excluding hydrogens is 348 g/mol. The summed E-state index contributed by atoms with van der Waals surface area (Å²) in [4.78, 5) is 3.29. The third-order valence-electron chi connectivity index (χ3n) is 3.79. The third-order valence-corrected chi connectivity index (χ3v) is 6.18. The van der Waals surface area contributed by atoms with Gasteiger partial charge in [0.05, 0.1) is 10.9 Å². The fourth-order valence-corrected chi connectivity index (χ4v) is 4.46. The Bertz CT molecular complexity index is 788. The Morgan fingerprint density at radius 2 is 1.96 bits per heavy atom. The van der Waals surface area contributed by atoms with Gasteiger partial charge in [0, 0.05) is 17.5 Å². The van der Waals surface area contributed by atoms with E-state index in [-0.39, 0.29) is 10.9 Å². The number of nitrogens with one attached hydrogen (secondary N) is 1. The molecular formula is C16H20N2O4S2. The Morgan fingerprint density at radius 3 is 2.62 bits per heavy atom. The van der Waals surface area contributed by atoms with Crippen LogP contribution < -0.4 is 14.2 Å². The lowest BCUT2D eigenvalue weighted by Gasteiger charge is -2.24. The first-order valence-electron chi connectivity index (χ1n) is 7.56. The lowest BCUT2D eigenvalue weighted by molar-refractivity contribution is 0.171. The van der Waals surface area contributed by atoms with Crippen molar-refractivity contribution in [3.05, 3.63) is 40.6 Å². The van der Waals surface area contributed by atoms with Crippen LogP contribution in [-0.4, -0.2) is 47.2 Å². The SMILES string of the molecule is CN(C)[C@H](CNS(=O)(=O)c1ccc2c(c1)OCCO2)c1cccs1. The van der Waals surface area contributed by atoms with E-state index >= 15 is 0 Å². The van der Waals surface area contributed by atoms with Gasteiger partial charge in [-0.05, 0) is 37.7 Å². The van der Waals surface area contributed by atoms with Gasteiger partial charge in [-0.2, -0.15) is 0 Å². The zero-order valence-corrected chi connectivity index (χ0v) is 15.2. The van der Waals surface area contributed by atoms with Gasteiger partial charge in [-0.3, -0.25) is 0 Å². The third kappa shape index (κ3) is 3.72. The molecule has 24 heavy (non-hydrogen) atoms. The highest BCUT2D eigenvalue weighted by Crippen LogP contribution is 2.32. The van der Waals surface area contributed by atoms with E-state index < -0.39 is 10.0 Å². The Kier molecular flexibility index (Phi) is 5.09. The van der Waals surface area contributed by atoms with E-state index in [4.69, 9.17) is 9.47 Å². The van der Waals surface area contributed by atoms with Gasteiger partial charge in [0.25, 0.3) is 0 Å². The lowest BCUT2D eigenvalue weighted by Crippen LogP contribution is -2.34. The number of rotatable bonds is 6. The molecule has 3 rings (SSSR count). The number of hydrogen-bond acceptors (Lipinski definition) is 6. The van der Waals surface area contributed by atoms with Crippen LogP contribution in [0.1, 0.15) is 10.9 Å². The van der Waals surface area contributed by atoms with E-state index in [9.17, 15) is 8.42 Å². The van der Waals surface area contributed by atoms with Crippen molar-refractivity contribution in [3.8, 4) is 11.5 Å². The molecule has 0 radical (unpaired) electrons. The van der Waals surface area contributed by atoms with Crippen molar-refractivity contribution in [1.29, 1.82) is 0 Å². The summed E-state index contributed by atoms with van der Waals surface area (Å²) in [5.41, 5.74) is 0. The minimum atomic E-state index is -3.62. The number of hydrogen-bond donors (Lipinski definition) is 1. The largest absolute Gasteiger partial charge is 0.486 e. The van der Waals surface area contributed by atoms with Gasteiger partial charge in [-0.25, -0.2) is 13.1 Å². The molecule has 2 aromatic rings. The first-order chi connectivity index (χ1) is 11.5. The molecule has 1 aliphatic rings. The highest BCUT2D eigenvalue weighted by atomic mass is 32.2. The van der Waals surface area contributed by atoms with Crippen LogP contribution in [-0.2, 0) is 10.0 Å². The van der Waals surface area contributed by atoms with Crippen LogP contribution in [0.3, 0.4) is 0 Å². The van der Waals surface area contributed by atoms with Gasteiger partial charge in [-0.1, -0.05) is 6.07 Å². The van der Waals surface area contributed by atoms with Crippen LogP contribution in [0.25, 0.3) is 0 Å². The molecule has 6 nitrogen and oxygen atoms in total. The summed E-state index contributed by atoms with van der Waals surface area (Å²) in [5, 5.41) is 1.99. The molecule has 0 bridgehead atoms. The van der Waals surface area contributed by atoms with E-state index in [1.807, 2.05) is 36.5 Å². The molecule has 1 aromatic carbocycles. The number of ether oxygens (including phenoxy) is 2. The highest BCUT2D eigenvalue weighted by molar-refractivity contribution is 7.89. The smallest absolute Gasteiger partial charge is 0.240 e. The number of fused-ring (bicyclic) bond motifs is 1. The molecule has 0 aliphatic carbocycles. The summed E-state index contributed by atoms with van der Waals surface area (Å²) in [6, 6.07) is 8.63. The predicted octanol–water partition coefficient (Wildman–Crippen LogP) is 2.10.